The van der Waals surface area contributed by atoms with Crippen LogP contribution in [0.1, 0.15) is 5.56 Å². The van der Waals surface area contributed by atoms with Crippen LogP contribution in [0.15, 0.2) is 18.2 Å². The molecular weight excluding hydrogens is 195 g/mol. The molecule has 1 rings (SSSR count). The lowest BCUT2D eigenvalue weighted by Crippen LogP contribution is -1.98. The summed E-state index contributed by atoms with van der Waals surface area (Å²) in [6.45, 7) is 2.47. The van der Waals surface area contributed by atoms with Crippen molar-refractivity contribution >= 4 is 23.2 Å². The van der Waals surface area contributed by atoms with Gasteiger partial charge in [-0.1, -0.05) is 17.7 Å². The standard InChI is InChI=1S/C9H10Cl2O/c1-7-2-3-9(8(11)6-7)12-5-4-10/h2-3,6H,4-5H2,1H3. The SMILES string of the molecule is Cc1ccc(OCCCl)c(Cl)c1. The van der Waals surface area contributed by atoms with E-state index in [-0.39, 0.29) is 0 Å². The van der Waals surface area contributed by atoms with E-state index in [1.807, 2.05) is 25.1 Å². The molecule has 0 fully saturated rings. The Bertz CT molecular complexity index is 261. The highest BCUT2D eigenvalue weighted by Gasteiger charge is 1.99. The molecule has 0 spiro atoms. The number of aryl methyl sites for hydroxylation is 1. The second kappa shape index (κ2) is 4.58. The molecule has 0 saturated carbocycles. The number of benzene rings is 1. The minimum absolute atomic E-state index is 0.476. The average molecular weight is 205 g/mol. The summed E-state index contributed by atoms with van der Waals surface area (Å²) >= 11 is 11.4. The number of ether oxygens (including phenoxy) is 1. The zero-order valence-corrected chi connectivity index (χ0v) is 8.32. The molecule has 0 saturated heterocycles. The van der Waals surface area contributed by atoms with Crippen molar-refractivity contribution in [2.75, 3.05) is 12.5 Å². The van der Waals surface area contributed by atoms with Crippen LogP contribution in [0, 0.1) is 6.92 Å². The topological polar surface area (TPSA) is 9.23 Å². The van der Waals surface area contributed by atoms with Gasteiger partial charge in [-0.25, -0.2) is 0 Å². The van der Waals surface area contributed by atoms with E-state index < -0.39 is 0 Å². The average Bonchev–Trinajstić information content (AvgIpc) is 2.03. The molecule has 1 aromatic rings. The Balaban J connectivity index is 2.72. The van der Waals surface area contributed by atoms with Crippen LogP contribution in [0.5, 0.6) is 5.75 Å². The first-order chi connectivity index (χ1) is 5.74. The van der Waals surface area contributed by atoms with Crippen molar-refractivity contribution in [3.63, 3.8) is 0 Å². The summed E-state index contributed by atoms with van der Waals surface area (Å²) in [7, 11) is 0. The smallest absolute Gasteiger partial charge is 0.137 e. The Labute approximate surface area is 82.2 Å². The Hall–Kier alpha value is -0.400. The lowest BCUT2D eigenvalue weighted by Gasteiger charge is -2.05. The number of hydrogen-bond donors (Lipinski definition) is 0. The van der Waals surface area contributed by atoms with Crippen LogP contribution in [-0.2, 0) is 0 Å². The summed E-state index contributed by atoms with van der Waals surface area (Å²) in [5.41, 5.74) is 1.12. The second-order valence-corrected chi connectivity index (χ2v) is 3.26. The lowest BCUT2D eigenvalue weighted by atomic mass is 10.2. The Morgan fingerprint density at radius 1 is 1.42 bits per heavy atom. The molecule has 0 aromatic heterocycles. The van der Waals surface area contributed by atoms with E-state index in [4.69, 9.17) is 27.9 Å². The predicted molar refractivity (Wildman–Crippen MR) is 52.4 cm³/mol. The fourth-order valence-corrected chi connectivity index (χ4v) is 1.24. The fraction of sp³-hybridized carbons (Fsp3) is 0.333. The normalized spacial score (nSPS) is 9.92. The molecule has 0 amide bonds. The maximum Gasteiger partial charge on any atom is 0.137 e. The van der Waals surface area contributed by atoms with Crippen molar-refractivity contribution in [1.29, 1.82) is 0 Å². The van der Waals surface area contributed by atoms with Gasteiger partial charge in [0.2, 0.25) is 0 Å². The van der Waals surface area contributed by atoms with E-state index in [0.29, 0.717) is 23.3 Å². The van der Waals surface area contributed by atoms with Crippen LogP contribution in [0.4, 0.5) is 0 Å². The van der Waals surface area contributed by atoms with E-state index in [0.717, 1.165) is 5.56 Å². The Morgan fingerprint density at radius 3 is 2.75 bits per heavy atom. The minimum atomic E-state index is 0.476. The summed E-state index contributed by atoms with van der Waals surface area (Å²) in [6, 6.07) is 5.67. The van der Waals surface area contributed by atoms with Gasteiger partial charge in [-0.3, -0.25) is 0 Å². The molecule has 3 heteroatoms. The number of hydrogen-bond acceptors (Lipinski definition) is 1. The third-order valence-electron chi connectivity index (χ3n) is 1.42. The summed E-state index contributed by atoms with van der Waals surface area (Å²) in [6.07, 6.45) is 0. The Kier molecular flexibility index (Phi) is 3.70. The van der Waals surface area contributed by atoms with E-state index in [9.17, 15) is 0 Å². The summed E-state index contributed by atoms with van der Waals surface area (Å²) in [4.78, 5) is 0. The molecule has 66 valence electrons. The highest BCUT2D eigenvalue weighted by molar-refractivity contribution is 6.32. The molecule has 0 atom stereocenters. The van der Waals surface area contributed by atoms with Gasteiger partial charge in [-0.15, -0.1) is 11.6 Å². The molecule has 0 aliphatic rings. The van der Waals surface area contributed by atoms with Gasteiger partial charge in [0.1, 0.15) is 12.4 Å². The molecule has 1 aromatic carbocycles. The molecule has 0 heterocycles. The van der Waals surface area contributed by atoms with Gasteiger partial charge in [0, 0.05) is 0 Å². The molecule has 0 bridgehead atoms. The largest absolute Gasteiger partial charge is 0.491 e. The highest BCUT2D eigenvalue weighted by Crippen LogP contribution is 2.24. The molecule has 0 aliphatic heterocycles. The third-order valence-corrected chi connectivity index (χ3v) is 1.87. The molecule has 0 aliphatic carbocycles. The van der Waals surface area contributed by atoms with Crippen LogP contribution in [0.2, 0.25) is 5.02 Å². The molecule has 0 unspecified atom stereocenters. The van der Waals surface area contributed by atoms with Crippen LogP contribution in [-0.4, -0.2) is 12.5 Å². The zero-order valence-electron chi connectivity index (χ0n) is 6.81. The van der Waals surface area contributed by atoms with Crippen molar-refractivity contribution < 1.29 is 4.74 Å². The van der Waals surface area contributed by atoms with E-state index in [2.05, 4.69) is 0 Å². The van der Waals surface area contributed by atoms with E-state index in [1.165, 1.54) is 0 Å². The van der Waals surface area contributed by atoms with Crippen LogP contribution < -0.4 is 4.74 Å². The monoisotopic (exact) mass is 204 g/mol. The van der Waals surface area contributed by atoms with Crippen LogP contribution in [0.3, 0.4) is 0 Å². The zero-order chi connectivity index (χ0) is 8.97. The molecule has 12 heavy (non-hydrogen) atoms. The third kappa shape index (κ3) is 2.58. The maximum absolute atomic E-state index is 5.90. The lowest BCUT2D eigenvalue weighted by molar-refractivity contribution is 0.343. The minimum Gasteiger partial charge on any atom is -0.491 e. The van der Waals surface area contributed by atoms with Crippen LogP contribution in [0.25, 0.3) is 0 Å². The molecule has 0 N–H and O–H groups in total. The van der Waals surface area contributed by atoms with Crippen molar-refractivity contribution in [3.8, 4) is 5.75 Å². The maximum atomic E-state index is 5.90. The first-order valence-corrected chi connectivity index (χ1v) is 4.60. The first-order valence-electron chi connectivity index (χ1n) is 3.69. The van der Waals surface area contributed by atoms with Crippen molar-refractivity contribution in [2.45, 2.75) is 6.92 Å². The van der Waals surface area contributed by atoms with Gasteiger partial charge < -0.3 is 4.74 Å². The molecule has 0 radical (unpaired) electrons. The fourth-order valence-electron chi connectivity index (χ4n) is 0.871. The van der Waals surface area contributed by atoms with Crippen molar-refractivity contribution in [3.05, 3.63) is 28.8 Å². The number of rotatable bonds is 3. The second-order valence-electron chi connectivity index (χ2n) is 2.47. The number of alkyl halides is 1. The quantitative estimate of drug-likeness (QED) is 0.688. The van der Waals surface area contributed by atoms with Crippen molar-refractivity contribution in [2.24, 2.45) is 0 Å². The number of halogens is 2. The molecule has 1 nitrogen and oxygen atoms in total. The van der Waals surface area contributed by atoms with Gasteiger partial charge in [0.25, 0.3) is 0 Å². The van der Waals surface area contributed by atoms with Gasteiger partial charge >= 0.3 is 0 Å². The van der Waals surface area contributed by atoms with Gasteiger partial charge in [-0.05, 0) is 24.6 Å². The summed E-state index contributed by atoms with van der Waals surface area (Å²) < 4.78 is 5.28. The predicted octanol–water partition coefficient (Wildman–Crippen LogP) is 3.27. The summed E-state index contributed by atoms with van der Waals surface area (Å²) in [5, 5.41) is 0.639. The van der Waals surface area contributed by atoms with Gasteiger partial charge in [-0.2, -0.15) is 0 Å². The van der Waals surface area contributed by atoms with Gasteiger partial charge in [0.15, 0.2) is 0 Å². The van der Waals surface area contributed by atoms with Crippen LogP contribution >= 0.6 is 23.2 Å². The highest BCUT2D eigenvalue weighted by atomic mass is 35.5. The van der Waals surface area contributed by atoms with Crippen molar-refractivity contribution in [1.82, 2.24) is 0 Å². The molecular formula is C9H10Cl2O. The van der Waals surface area contributed by atoms with E-state index >= 15 is 0 Å². The van der Waals surface area contributed by atoms with Gasteiger partial charge in [0.05, 0.1) is 10.9 Å². The Morgan fingerprint density at radius 2 is 2.17 bits per heavy atom. The first kappa shape index (κ1) is 9.69. The van der Waals surface area contributed by atoms with E-state index in [1.54, 1.807) is 0 Å². The summed E-state index contributed by atoms with van der Waals surface area (Å²) in [5.74, 6) is 1.17.